The fraction of sp³-hybridized carbons (Fsp3) is 0.219. The van der Waals surface area contributed by atoms with E-state index in [1.54, 1.807) is 17.6 Å². The molecule has 9 heteroatoms. The fourth-order valence-corrected chi connectivity index (χ4v) is 6.21. The lowest BCUT2D eigenvalue weighted by Gasteiger charge is -2.25. The van der Waals surface area contributed by atoms with E-state index >= 15 is 0 Å². The molecule has 0 fully saturated rings. The molecular formula is C32H29BrN2O5S. The first-order chi connectivity index (χ1) is 20.0. The molecule has 0 saturated carbocycles. The minimum absolute atomic E-state index is 0.198. The van der Waals surface area contributed by atoms with E-state index in [0.717, 1.165) is 21.2 Å². The van der Waals surface area contributed by atoms with Crippen molar-refractivity contribution in [1.29, 1.82) is 0 Å². The molecule has 0 radical (unpaired) electrons. The first-order valence-electron chi connectivity index (χ1n) is 13.4. The maximum Gasteiger partial charge on any atom is 0.338 e. The molecule has 0 spiro atoms. The van der Waals surface area contributed by atoms with Crippen LogP contribution < -0.4 is 24.4 Å². The number of carbonyl (C=O) groups excluding carboxylic acids is 1. The summed E-state index contributed by atoms with van der Waals surface area (Å²) in [6.07, 6.45) is 1.80. The Labute approximate surface area is 250 Å². The molecule has 5 rings (SSSR count). The number of fused-ring (bicyclic) bond motifs is 1. The molecule has 4 aromatic rings. The van der Waals surface area contributed by atoms with Gasteiger partial charge in [-0.3, -0.25) is 9.36 Å². The van der Waals surface area contributed by atoms with E-state index in [-0.39, 0.29) is 12.2 Å². The van der Waals surface area contributed by atoms with Gasteiger partial charge < -0.3 is 14.2 Å². The van der Waals surface area contributed by atoms with Crippen molar-refractivity contribution in [2.45, 2.75) is 26.8 Å². The second kappa shape index (κ2) is 12.7. The molecular weight excluding hydrogens is 604 g/mol. The number of esters is 1. The van der Waals surface area contributed by atoms with Crippen LogP contribution >= 0.6 is 27.3 Å². The highest BCUT2D eigenvalue weighted by Gasteiger charge is 2.35. The molecule has 1 aromatic heterocycles. The summed E-state index contributed by atoms with van der Waals surface area (Å²) >= 11 is 4.85. The van der Waals surface area contributed by atoms with Crippen LogP contribution in [-0.2, 0) is 9.53 Å². The Bertz CT molecular complexity index is 1780. The van der Waals surface area contributed by atoms with Crippen molar-refractivity contribution >= 4 is 45.0 Å². The number of thiazole rings is 1. The summed E-state index contributed by atoms with van der Waals surface area (Å²) in [4.78, 5) is 33.0. The van der Waals surface area contributed by atoms with Crippen molar-refractivity contribution in [1.82, 2.24) is 4.57 Å². The van der Waals surface area contributed by atoms with Gasteiger partial charge in [0.05, 0.1) is 46.1 Å². The Kier molecular flexibility index (Phi) is 8.85. The summed E-state index contributed by atoms with van der Waals surface area (Å²) in [5, 5.41) is 0. The molecule has 2 heterocycles. The number of aromatic nitrogens is 1. The van der Waals surface area contributed by atoms with E-state index in [0.29, 0.717) is 45.3 Å². The molecule has 0 amide bonds. The van der Waals surface area contributed by atoms with Gasteiger partial charge in [0, 0.05) is 17.2 Å². The molecule has 210 valence electrons. The van der Waals surface area contributed by atoms with Crippen molar-refractivity contribution in [3.63, 3.8) is 0 Å². The molecule has 0 unspecified atom stereocenters. The third-order valence-electron chi connectivity index (χ3n) is 6.44. The lowest BCUT2D eigenvalue weighted by atomic mass is 9.93. The smallest absolute Gasteiger partial charge is 0.338 e. The van der Waals surface area contributed by atoms with Gasteiger partial charge in [0.15, 0.2) is 4.80 Å². The molecule has 1 aliphatic rings. The van der Waals surface area contributed by atoms with Crippen LogP contribution in [0.5, 0.6) is 11.5 Å². The van der Waals surface area contributed by atoms with Gasteiger partial charge in [-0.25, -0.2) is 9.79 Å². The number of halogens is 1. The fourth-order valence-electron chi connectivity index (χ4n) is 4.74. The zero-order valence-electron chi connectivity index (χ0n) is 22.9. The summed E-state index contributed by atoms with van der Waals surface area (Å²) in [6.45, 7) is 6.74. The molecule has 0 saturated heterocycles. The Morgan fingerprint density at radius 3 is 2.27 bits per heavy atom. The van der Waals surface area contributed by atoms with Gasteiger partial charge in [0.25, 0.3) is 5.56 Å². The zero-order valence-corrected chi connectivity index (χ0v) is 25.3. The Morgan fingerprint density at radius 2 is 1.61 bits per heavy atom. The van der Waals surface area contributed by atoms with Crippen molar-refractivity contribution in [3.8, 4) is 11.5 Å². The van der Waals surface area contributed by atoms with Crippen LogP contribution in [0.3, 0.4) is 0 Å². The van der Waals surface area contributed by atoms with Crippen molar-refractivity contribution in [3.05, 3.63) is 119 Å². The van der Waals surface area contributed by atoms with Gasteiger partial charge in [0.1, 0.15) is 11.5 Å². The molecule has 1 atom stereocenters. The van der Waals surface area contributed by atoms with Crippen molar-refractivity contribution in [2.24, 2.45) is 4.99 Å². The van der Waals surface area contributed by atoms with Crippen LogP contribution in [0, 0.1) is 0 Å². The Balaban J connectivity index is 1.79. The zero-order chi connectivity index (χ0) is 28.9. The lowest BCUT2D eigenvalue weighted by Crippen LogP contribution is -2.40. The largest absolute Gasteiger partial charge is 0.493 e. The predicted molar refractivity (Wildman–Crippen MR) is 164 cm³/mol. The number of ether oxygens (including phenoxy) is 3. The molecule has 0 N–H and O–H groups in total. The summed E-state index contributed by atoms with van der Waals surface area (Å²) in [5.41, 5.74) is 2.82. The van der Waals surface area contributed by atoms with Gasteiger partial charge in [-0.2, -0.15) is 0 Å². The first kappa shape index (κ1) is 28.6. The summed E-state index contributed by atoms with van der Waals surface area (Å²) in [6, 6.07) is 22.0. The highest BCUT2D eigenvalue weighted by Crippen LogP contribution is 2.36. The second-order valence-electron chi connectivity index (χ2n) is 9.03. The van der Waals surface area contributed by atoms with E-state index in [4.69, 9.17) is 19.2 Å². The predicted octanol–water partition coefficient (Wildman–Crippen LogP) is 5.50. The van der Waals surface area contributed by atoms with Crippen LogP contribution in [-0.4, -0.2) is 30.4 Å². The molecule has 0 aliphatic carbocycles. The highest BCUT2D eigenvalue weighted by molar-refractivity contribution is 9.10. The number of nitrogens with zero attached hydrogens (tertiary/aromatic N) is 2. The van der Waals surface area contributed by atoms with E-state index < -0.39 is 12.0 Å². The molecule has 41 heavy (non-hydrogen) atoms. The molecule has 0 bridgehead atoms. The maximum absolute atomic E-state index is 14.1. The van der Waals surface area contributed by atoms with Crippen LogP contribution in [0.4, 0.5) is 0 Å². The van der Waals surface area contributed by atoms with Crippen molar-refractivity contribution in [2.75, 3.05) is 19.8 Å². The average molecular weight is 634 g/mol. The van der Waals surface area contributed by atoms with Gasteiger partial charge in [-0.15, -0.1) is 0 Å². The van der Waals surface area contributed by atoms with Crippen LogP contribution in [0.2, 0.25) is 0 Å². The van der Waals surface area contributed by atoms with E-state index in [1.165, 1.54) is 11.3 Å². The third kappa shape index (κ3) is 5.78. The van der Waals surface area contributed by atoms with Gasteiger partial charge in [0.2, 0.25) is 0 Å². The van der Waals surface area contributed by atoms with Gasteiger partial charge in [-0.1, -0.05) is 72.0 Å². The second-order valence-corrected chi connectivity index (χ2v) is 10.9. The highest BCUT2D eigenvalue weighted by atomic mass is 79.9. The first-order valence-corrected chi connectivity index (χ1v) is 15.0. The summed E-state index contributed by atoms with van der Waals surface area (Å²) in [7, 11) is 0. The van der Waals surface area contributed by atoms with Crippen molar-refractivity contribution < 1.29 is 19.0 Å². The molecule has 7 nitrogen and oxygen atoms in total. The van der Waals surface area contributed by atoms with Gasteiger partial charge >= 0.3 is 5.97 Å². The topological polar surface area (TPSA) is 79.1 Å². The quantitative estimate of drug-likeness (QED) is 0.228. The number of carbonyl (C=O) groups is 1. The maximum atomic E-state index is 14.1. The number of hydrogen-bond acceptors (Lipinski definition) is 7. The molecule has 1 aliphatic heterocycles. The summed E-state index contributed by atoms with van der Waals surface area (Å²) < 4.78 is 19.9. The average Bonchev–Trinajstić information content (AvgIpc) is 3.30. The lowest BCUT2D eigenvalue weighted by molar-refractivity contribution is -0.138. The number of hydrogen-bond donors (Lipinski definition) is 0. The SMILES string of the molecule is CCOC(=O)C1=C(c2ccccc2)N=c2s/c(=C\c3cc(Br)c(OCC)cc3OCC)c(=O)n2[C@@H]1c1ccccc1. The number of rotatable bonds is 9. The molecule has 3 aromatic carbocycles. The van der Waals surface area contributed by atoms with Gasteiger partial charge in [-0.05, 0) is 54.4 Å². The van der Waals surface area contributed by atoms with E-state index in [9.17, 15) is 9.59 Å². The minimum atomic E-state index is -0.720. The Morgan fingerprint density at radius 1 is 0.951 bits per heavy atom. The monoisotopic (exact) mass is 632 g/mol. The van der Waals surface area contributed by atoms with Crippen LogP contribution in [0.25, 0.3) is 11.8 Å². The van der Waals surface area contributed by atoms with E-state index in [1.807, 2.05) is 86.6 Å². The standard InChI is InChI=1S/C32H29BrN2O5S/c1-4-38-24-19-25(39-5-2)23(33)17-22(24)18-26-30(36)35-29(21-15-11-8-12-16-21)27(31(37)40-6-3)28(34-32(35)41-26)20-13-9-7-10-14-20/h7-19,29H,4-6H2,1-3H3/b26-18-/t29-/m1/s1. The minimum Gasteiger partial charge on any atom is -0.493 e. The van der Waals surface area contributed by atoms with Crippen LogP contribution in [0.15, 0.2) is 92.6 Å². The Hall–Kier alpha value is -3.95. The normalized spacial score (nSPS) is 14.8. The van der Waals surface area contributed by atoms with Crippen LogP contribution in [0.1, 0.15) is 43.5 Å². The summed E-state index contributed by atoms with van der Waals surface area (Å²) in [5.74, 6) is 0.749. The van der Waals surface area contributed by atoms with E-state index in [2.05, 4.69) is 15.9 Å². The number of benzene rings is 3. The third-order valence-corrected chi connectivity index (χ3v) is 8.04.